The van der Waals surface area contributed by atoms with Crippen molar-refractivity contribution in [1.82, 2.24) is 10.3 Å². The molecule has 3 aliphatic rings. The molecule has 2 aliphatic carbocycles. The number of carbonyl (C=O) groups excluding carboxylic acids is 3. The zero-order valence-corrected chi connectivity index (χ0v) is 23.7. The van der Waals surface area contributed by atoms with Crippen LogP contribution in [-0.2, 0) is 28.5 Å². The quantitative estimate of drug-likeness (QED) is 0.204. The fourth-order valence-electron chi connectivity index (χ4n) is 4.88. The van der Waals surface area contributed by atoms with Crippen molar-refractivity contribution >= 4 is 17.8 Å². The van der Waals surface area contributed by atoms with Crippen LogP contribution >= 0.6 is 0 Å². The van der Waals surface area contributed by atoms with Crippen molar-refractivity contribution in [2.45, 2.75) is 83.5 Å². The van der Waals surface area contributed by atoms with Crippen molar-refractivity contribution in [1.29, 1.82) is 0 Å². The van der Waals surface area contributed by atoms with Crippen LogP contribution in [0.1, 0.15) is 75.7 Å². The zero-order valence-electron chi connectivity index (χ0n) is 23.7. The lowest BCUT2D eigenvalue weighted by atomic mass is 9.89. The lowest BCUT2D eigenvalue weighted by molar-refractivity contribution is -0.161. The van der Waals surface area contributed by atoms with Crippen LogP contribution < -0.4 is 14.8 Å². The van der Waals surface area contributed by atoms with Gasteiger partial charge in [0.1, 0.15) is 12.1 Å². The number of hydrogen-bond acceptors (Lipinski definition) is 10. The van der Waals surface area contributed by atoms with Crippen LogP contribution in [0.5, 0.6) is 11.5 Å². The summed E-state index contributed by atoms with van der Waals surface area (Å²) in [6, 6.07) is 0.643. The van der Waals surface area contributed by atoms with Gasteiger partial charge in [0.15, 0.2) is 17.2 Å². The maximum Gasteiger partial charge on any atom is 0.329 e. The molecule has 1 N–H and O–H groups in total. The smallest absolute Gasteiger partial charge is 0.329 e. The lowest BCUT2D eigenvalue weighted by Gasteiger charge is -2.31. The molecule has 0 radical (unpaired) electrons. The number of ether oxygens (including phenoxy) is 6. The highest BCUT2D eigenvalue weighted by Gasteiger charge is 2.36. The van der Waals surface area contributed by atoms with Gasteiger partial charge in [-0.25, -0.2) is 9.78 Å². The van der Waals surface area contributed by atoms with Crippen LogP contribution in [0.3, 0.4) is 0 Å². The second kappa shape index (κ2) is 14.6. The van der Waals surface area contributed by atoms with Gasteiger partial charge in [0, 0.05) is 39.0 Å². The Hall–Kier alpha value is -2.92. The van der Waals surface area contributed by atoms with Crippen LogP contribution in [0.25, 0.3) is 0 Å². The van der Waals surface area contributed by atoms with Crippen LogP contribution in [-0.4, -0.2) is 74.8 Å². The Kier molecular flexibility index (Phi) is 11.0. The summed E-state index contributed by atoms with van der Waals surface area (Å²) in [6.07, 6.45) is 8.30. The summed E-state index contributed by atoms with van der Waals surface area (Å²) in [7, 11) is 1.42. The zero-order chi connectivity index (χ0) is 28.5. The third-order valence-electron chi connectivity index (χ3n) is 7.56. The molecule has 1 aromatic rings. The van der Waals surface area contributed by atoms with Gasteiger partial charge in [-0.2, -0.15) is 0 Å². The monoisotopic (exact) mass is 562 g/mol. The third-order valence-corrected chi connectivity index (χ3v) is 7.56. The number of hydrogen-bond donors (Lipinski definition) is 1. The fourth-order valence-corrected chi connectivity index (χ4v) is 4.88. The highest BCUT2D eigenvalue weighted by molar-refractivity contribution is 5.98. The second-order valence-electron chi connectivity index (χ2n) is 11.0. The Morgan fingerprint density at radius 2 is 1.85 bits per heavy atom. The van der Waals surface area contributed by atoms with Gasteiger partial charge in [-0.05, 0) is 69.6 Å². The molecule has 3 fully saturated rings. The van der Waals surface area contributed by atoms with Crippen molar-refractivity contribution in [3.63, 3.8) is 0 Å². The van der Waals surface area contributed by atoms with Crippen molar-refractivity contribution in [2.75, 3.05) is 33.7 Å². The van der Waals surface area contributed by atoms with Gasteiger partial charge >= 0.3 is 11.9 Å². The van der Waals surface area contributed by atoms with E-state index in [1.165, 1.54) is 52.0 Å². The lowest BCUT2D eigenvalue weighted by Crippen LogP contribution is -2.44. The number of pyridine rings is 1. The van der Waals surface area contributed by atoms with Crippen LogP contribution in [0.15, 0.2) is 12.3 Å². The van der Waals surface area contributed by atoms with Gasteiger partial charge in [-0.15, -0.1) is 0 Å². The minimum Gasteiger partial charge on any atom is -0.493 e. The van der Waals surface area contributed by atoms with E-state index in [2.05, 4.69) is 10.3 Å². The predicted octanol–water partition coefficient (Wildman–Crippen LogP) is 3.43. The maximum atomic E-state index is 13.3. The van der Waals surface area contributed by atoms with E-state index in [1.54, 1.807) is 0 Å². The topological polar surface area (TPSA) is 132 Å². The van der Waals surface area contributed by atoms with Gasteiger partial charge in [0.2, 0.25) is 6.79 Å². The molecule has 2 saturated carbocycles. The summed E-state index contributed by atoms with van der Waals surface area (Å²) in [4.78, 5) is 41.8. The first kappa shape index (κ1) is 30.0. The van der Waals surface area contributed by atoms with E-state index >= 15 is 0 Å². The molecular weight excluding hydrogens is 520 g/mol. The van der Waals surface area contributed by atoms with Gasteiger partial charge in [0.25, 0.3) is 5.91 Å². The van der Waals surface area contributed by atoms with Crippen LogP contribution in [0, 0.1) is 17.8 Å². The van der Waals surface area contributed by atoms with Gasteiger partial charge in [0.05, 0.1) is 13.2 Å². The van der Waals surface area contributed by atoms with Gasteiger partial charge in [-0.1, -0.05) is 6.42 Å². The Morgan fingerprint density at radius 1 is 1.10 bits per heavy atom. The molecular formula is C29H42N2O9. The molecule has 4 atom stereocenters. The van der Waals surface area contributed by atoms with E-state index in [9.17, 15) is 14.4 Å². The van der Waals surface area contributed by atoms with Gasteiger partial charge in [-0.3, -0.25) is 9.59 Å². The first-order valence-electron chi connectivity index (χ1n) is 14.4. The van der Waals surface area contributed by atoms with Crippen molar-refractivity contribution < 1.29 is 42.8 Å². The molecule has 1 saturated heterocycles. The predicted molar refractivity (Wildman–Crippen MR) is 143 cm³/mol. The van der Waals surface area contributed by atoms with E-state index in [4.69, 9.17) is 28.4 Å². The van der Waals surface area contributed by atoms with E-state index in [0.29, 0.717) is 37.9 Å². The normalized spacial score (nSPS) is 25.1. The number of aromatic nitrogens is 1. The SMILES string of the molecule is COc1ccnc(C(=O)N[C@H]2CCC[C@H](CCOCC3CC3)[C@@H](OCC3CC3)[C@H](C)OC2=O)c1OCOC(C)=O. The molecule has 1 amide bonds. The molecule has 11 heteroatoms. The number of cyclic esters (lactones) is 1. The van der Waals surface area contributed by atoms with Crippen LogP contribution in [0.2, 0.25) is 0 Å². The molecule has 11 nitrogen and oxygen atoms in total. The fraction of sp³-hybridized carbons (Fsp3) is 0.724. The number of methoxy groups -OCH3 is 1. The molecule has 0 aromatic carbocycles. The van der Waals surface area contributed by atoms with Crippen molar-refractivity contribution in [3.05, 3.63) is 18.0 Å². The summed E-state index contributed by atoms with van der Waals surface area (Å²) in [6.45, 7) is 4.82. The van der Waals surface area contributed by atoms with E-state index < -0.39 is 36.8 Å². The Morgan fingerprint density at radius 3 is 2.55 bits per heavy atom. The largest absolute Gasteiger partial charge is 0.493 e. The average molecular weight is 563 g/mol. The summed E-state index contributed by atoms with van der Waals surface area (Å²) >= 11 is 0. The van der Waals surface area contributed by atoms with Crippen molar-refractivity contribution in [2.24, 2.45) is 17.8 Å². The summed E-state index contributed by atoms with van der Waals surface area (Å²) < 4.78 is 33.8. The summed E-state index contributed by atoms with van der Waals surface area (Å²) in [5.41, 5.74) is -0.0939. The molecule has 222 valence electrons. The molecule has 0 bridgehead atoms. The maximum absolute atomic E-state index is 13.3. The molecule has 0 unspecified atom stereocenters. The number of carbonyl (C=O) groups is 3. The number of rotatable bonds is 14. The molecule has 4 rings (SSSR count). The van der Waals surface area contributed by atoms with E-state index in [0.717, 1.165) is 19.4 Å². The minimum absolute atomic E-state index is 0.00773. The number of nitrogens with one attached hydrogen (secondary N) is 1. The number of amides is 1. The second-order valence-corrected chi connectivity index (χ2v) is 11.0. The molecule has 40 heavy (non-hydrogen) atoms. The summed E-state index contributed by atoms with van der Waals surface area (Å²) in [5, 5.41) is 2.77. The van der Waals surface area contributed by atoms with E-state index in [1.807, 2.05) is 6.92 Å². The number of esters is 2. The number of nitrogens with zero attached hydrogens (tertiary/aromatic N) is 1. The Labute approximate surface area is 235 Å². The Bertz CT molecular complexity index is 1010. The highest BCUT2D eigenvalue weighted by Crippen LogP contribution is 2.34. The third kappa shape index (κ3) is 9.05. The summed E-state index contributed by atoms with van der Waals surface area (Å²) in [5.74, 6) is 0.0305. The van der Waals surface area contributed by atoms with Crippen molar-refractivity contribution in [3.8, 4) is 11.5 Å². The Balaban J connectivity index is 1.42. The molecule has 1 aromatic heterocycles. The first-order chi connectivity index (χ1) is 19.4. The van der Waals surface area contributed by atoms with E-state index in [-0.39, 0.29) is 29.2 Å². The highest BCUT2D eigenvalue weighted by atomic mass is 16.7. The first-order valence-corrected chi connectivity index (χ1v) is 14.4. The molecule has 1 aliphatic heterocycles. The van der Waals surface area contributed by atoms with Gasteiger partial charge < -0.3 is 33.7 Å². The minimum atomic E-state index is -0.877. The average Bonchev–Trinajstić information content (AvgIpc) is 3.85. The standard InChI is InChI=1S/C29H42N2O9/c1-18-26(37-16-21-9-10-21)22(12-14-36-15-20-7-8-20)5-4-6-23(29(34)40-18)31-28(33)25-27(39-17-38-19(2)32)24(35-3)11-13-30-25/h11,13,18,20-23,26H,4-10,12,14-17H2,1-3H3,(H,31,33)/t18-,22+,23-,26-/m0/s1. The van der Waals surface area contributed by atoms with Crippen LogP contribution in [0.4, 0.5) is 0 Å². The molecule has 0 spiro atoms. The molecule has 2 heterocycles.